The van der Waals surface area contributed by atoms with Crippen LogP contribution in [-0.4, -0.2) is 14.3 Å². The van der Waals surface area contributed by atoms with Crippen LogP contribution in [0, 0.1) is 0 Å². The molecule has 0 saturated carbocycles. The summed E-state index contributed by atoms with van der Waals surface area (Å²) in [6, 6.07) is 30.9. The molecule has 0 atom stereocenters. The lowest BCUT2D eigenvalue weighted by atomic mass is 10.2. The van der Waals surface area contributed by atoms with Crippen LogP contribution in [0.25, 0.3) is 0 Å². The predicted molar refractivity (Wildman–Crippen MR) is 128 cm³/mol. The third kappa shape index (κ3) is 5.65. The molecule has 0 radical (unpaired) electrons. The number of para-hydroxylation sites is 2. The molecule has 0 heterocycles. The average molecular weight is 459 g/mol. The van der Waals surface area contributed by atoms with Crippen molar-refractivity contribution in [1.29, 1.82) is 0 Å². The molecule has 6 nitrogen and oxygen atoms in total. The molecule has 1 amide bonds. The molecule has 0 aliphatic rings. The van der Waals surface area contributed by atoms with Gasteiger partial charge >= 0.3 is 0 Å². The van der Waals surface area contributed by atoms with Gasteiger partial charge in [0.05, 0.1) is 22.1 Å². The summed E-state index contributed by atoms with van der Waals surface area (Å²) in [4.78, 5) is 18.3. The van der Waals surface area contributed by atoms with Crippen molar-refractivity contribution < 1.29 is 18.0 Å². The first-order chi connectivity index (χ1) is 16.0. The summed E-state index contributed by atoms with van der Waals surface area (Å²) in [5, 5.41) is 2.77. The highest BCUT2D eigenvalue weighted by Gasteiger charge is 2.20. The molecule has 0 saturated heterocycles. The highest BCUT2D eigenvalue weighted by atomic mass is 32.2. The third-order valence-electron chi connectivity index (χ3n) is 4.85. The second-order valence-electron chi connectivity index (χ2n) is 7.26. The van der Waals surface area contributed by atoms with Gasteiger partial charge in [-0.3, -0.25) is 15.1 Å². The number of anilines is 2. The van der Waals surface area contributed by atoms with Gasteiger partial charge in [-0.25, -0.2) is 8.42 Å². The summed E-state index contributed by atoms with van der Waals surface area (Å²) in [6.07, 6.45) is 0. The predicted octanol–water partition coefficient (Wildman–Crippen LogP) is 5.32. The Hall–Kier alpha value is -3.94. The second-order valence-corrected chi connectivity index (χ2v) is 9.21. The van der Waals surface area contributed by atoms with Crippen LogP contribution in [0.4, 0.5) is 11.4 Å². The van der Waals surface area contributed by atoms with E-state index in [2.05, 4.69) is 10.8 Å². The monoisotopic (exact) mass is 458 g/mol. The fourth-order valence-corrected chi connectivity index (χ4v) is 4.55. The van der Waals surface area contributed by atoms with E-state index in [9.17, 15) is 13.2 Å². The van der Waals surface area contributed by atoms with E-state index in [1.165, 1.54) is 18.2 Å². The van der Waals surface area contributed by atoms with E-state index in [1.807, 2.05) is 48.5 Å². The lowest BCUT2D eigenvalue weighted by Gasteiger charge is -2.10. The Morgan fingerprint density at radius 1 is 0.697 bits per heavy atom. The van der Waals surface area contributed by atoms with Crippen molar-refractivity contribution in [2.75, 3.05) is 10.8 Å². The molecule has 0 unspecified atom stereocenters. The maximum Gasteiger partial charge on any atom is 0.255 e. The minimum Gasteiger partial charge on any atom is -0.322 e. The van der Waals surface area contributed by atoms with E-state index in [0.717, 1.165) is 5.69 Å². The highest BCUT2D eigenvalue weighted by Crippen LogP contribution is 2.23. The summed E-state index contributed by atoms with van der Waals surface area (Å²) in [5.41, 5.74) is 5.21. The first-order valence-electron chi connectivity index (χ1n) is 10.3. The third-order valence-corrected chi connectivity index (χ3v) is 6.60. The van der Waals surface area contributed by atoms with E-state index in [-0.39, 0.29) is 27.9 Å². The first-order valence-corrected chi connectivity index (χ1v) is 11.7. The zero-order chi connectivity index (χ0) is 23.1. The number of amides is 1. The lowest BCUT2D eigenvalue weighted by molar-refractivity contribution is 0.102. The Balaban J connectivity index is 1.49. The van der Waals surface area contributed by atoms with Gasteiger partial charge in [-0.1, -0.05) is 54.6 Å². The van der Waals surface area contributed by atoms with Gasteiger partial charge < -0.3 is 5.32 Å². The Bertz CT molecular complexity index is 1340. The molecule has 0 spiro atoms. The van der Waals surface area contributed by atoms with Gasteiger partial charge in [-0.2, -0.15) is 0 Å². The normalized spacial score (nSPS) is 11.0. The first kappa shape index (κ1) is 22.3. The van der Waals surface area contributed by atoms with Crippen LogP contribution in [0.1, 0.15) is 15.9 Å². The van der Waals surface area contributed by atoms with Crippen molar-refractivity contribution in [3.8, 4) is 0 Å². The minimum atomic E-state index is -3.82. The van der Waals surface area contributed by atoms with Gasteiger partial charge in [0, 0.05) is 11.3 Å². The van der Waals surface area contributed by atoms with E-state index in [0.29, 0.717) is 11.3 Å². The van der Waals surface area contributed by atoms with Crippen molar-refractivity contribution in [1.82, 2.24) is 0 Å². The summed E-state index contributed by atoms with van der Waals surface area (Å²) in [7, 11) is -3.82. The number of rotatable bonds is 8. The number of nitrogens with one attached hydrogen (secondary N) is 2. The molecule has 0 bridgehead atoms. The molecule has 4 rings (SSSR count). The number of benzene rings is 4. The van der Waals surface area contributed by atoms with Crippen LogP contribution in [0.2, 0.25) is 0 Å². The number of hydrogen-bond acceptors (Lipinski definition) is 5. The maximum atomic E-state index is 13.2. The largest absolute Gasteiger partial charge is 0.322 e. The molecular weight excluding hydrogens is 436 g/mol. The molecule has 7 heteroatoms. The van der Waals surface area contributed by atoms with Crippen LogP contribution in [0.3, 0.4) is 0 Å². The van der Waals surface area contributed by atoms with Gasteiger partial charge in [0.25, 0.3) is 5.91 Å². The van der Waals surface area contributed by atoms with Crippen LogP contribution in [0.15, 0.2) is 119 Å². The van der Waals surface area contributed by atoms with Gasteiger partial charge in [0.2, 0.25) is 9.84 Å². The van der Waals surface area contributed by atoms with Gasteiger partial charge in [-0.05, 0) is 60.2 Å². The van der Waals surface area contributed by atoms with E-state index in [4.69, 9.17) is 4.84 Å². The van der Waals surface area contributed by atoms with Crippen LogP contribution >= 0.6 is 0 Å². The number of hydrogen-bond donors (Lipinski definition) is 2. The van der Waals surface area contributed by atoms with E-state index >= 15 is 0 Å². The molecule has 4 aromatic rings. The zero-order valence-corrected chi connectivity index (χ0v) is 18.5. The molecule has 0 aliphatic heterocycles. The summed E-state index contributed by atoms with van der Waals surface area (Å²) < 4.78 is 26.5. The highest BCUT2D eigenvalue weighted by molar-refractivity contribution is 7.91. The SMILES string of the molecule is O=C(Nc1ccccc1)c1cccc(S(=O)(=O)c2cccc(CONc3ccccc3)c2)c1. The molecule has 2 N–H and O–H groups in total. The molecule has 166 valence electrons. The van der Waals surface area contributed by atoms with E-state index in [1.54, 1.807) is 42.5 Å². The summed E-state index contributed by atoms with van der Waals surface area (Å²) in [5.74, 6) is -0.382. The number of sulfone groups is 1. The fourth-order valence-electron chi connectivity index (χ4n) is 3.18. The Morgan fingerprint density at radius 2 is 1.30 bits per heavy atom. The lowest BCUT2D eigenvalue weighted by Crippen LogP contribution is -2.13. The molecule has 0 aliphatic carbocycles. The quantitative estimate of drug-likeness (QED) is 0.349. The van der Waals surface area contributed by atoms with Crippen molar-refractivity contribution in [3.05, 3.63) is 120 Å². The maximum absolute atomic E-state index is 13.2. The standard InChI is InChI=1S/C26H22N2O4S/c29-26(27-22-11-3-1-4-12-22)21-10-8-16-25(18-21)33(30,31)24-15-7-9-20(17-24)19-32-28-23-13-5-2-6-14-23/h1-18,28H,19H2,(H,27,29). The van der Waals surface area contributed by atoms with Crippen molar-refractivity contribution in [2.45, 2.75) is 16.4 Å². The van der Waals surface area contributed by atoms with Gasteiger partial charge in [0.1, 0.15) is 0 Å². The molecule has 33 heavy (non-hydrogen) atoms. The smallest absolute Gasteiger partial charge is 0.255 e. The molecule has 4 aromatic carbocycles. The summed E-state index contributed by atoms with van der Waals surface area (Å²) >= 11 is 0. The fraction of sp³-hybridized carbons (Fsp3) is 0.0385. The summed E-state index contributed by atoms with van der Waals surface area (Å²) in [6.45, 7) is 0.178. The number of carbonyl (C=O) groups is 1. The second kappa shape index (κ2) is 10.1. The Kier molecular flexibility index (Phi) is 6.83. The molecule has 0 fully saturated rings. The van der Waals surface area contributed by atoms with E-state index < -0.39 is 9.84 Å². The van der Waals surface area contributed by atoms with Crippen LogP contribution < -0.4 is 10.8 Å². The van der Waals surface area contributed by atoms with Crippen LogP contribution in [0.5, 0.6) is 0 Å². The van der Waals surface area contributed by atoms with Gasteiger partial charge in [-0.15, -0.1) is 0 Å². The molecular formula is C26H22N2O4S. The Labute approximate surface area is 192 Å². The zero-order valence-electron chi connectivity index (χ0n) is 17.6. The van der Waals surface area contributed by atoms with Crippen molar-refractivity contribution in [3.63, 3.8) is 0 Å². The average Bonchev–Trinajstić information content (AvgIpc) is 2.85. The Morgan fingerprint density at radius 3 is 2.00 bits per heavy atom. The van der Waals surface area contributed by atoms with Crippen LogP contribution in [-0.2, 0) is 21.3 Å². The topological polar surface area (TPSA) is 84.5 Å². The number of carbonyl (C=O) groups excluding carboxylic acids is 1. The van der Waals surface area contributed by atoms with Gasteiger partial charge in [0.15, 0.2) is 0 Å². The molecule has 0 aromatic heterocycles. The van der Waals surface area contributed by atoms with Crippen molar-refractivity contribution in [2.24, 2.45) is 0 Å². The minimum absolute atomic E-state index is 0.0451. The van der Waals surface area contributed by atoms with Crippen molar-refractivity contribution >= 4 is 27.1 Å².